The van der Waals surface area contributed by atoms with Crippen LogP contribution in [0.25, 0.3) is 0 Å². The fraction of sp³-hybridized carbons (Fsp3) is 0.286. The number of hydrogen-bond acceptors (Lipinski definition) is 6. The van der Waals surface area contributed by atoms with Crippen molar-refractivity contribution in [2.45, 2.75) is 18.3 Å². The number of phenols is 1. The summed E-state index contributed by atoms with van der Waals surface area (Å²) in [6.45, 7) is 0. The minimum absolute atomic E-state index is 0.0397. The highest BCUT2D eigenvalue weighted by molar-refractivity contribution is 5.94. The predicted octanol–water partition coefficient (Wildman–Crippen LogP) is 1.66. The first kappa shape index (κ1) is 15.0. The zero-order valence-corrected chi connectivity index (χ0v) is 11.5. The van der Waals surface area contributed by atoms with Gasteiger partial charge in [-0.1, -0.05) is 12.1 Å². The summed E-state index contributed by atoms with van der Waals surface area (Å²) in [5.74, 6) is -2.50. The van der Waals surface area contributed by atoms with E-state index in [-0.39, 0.29) is 17.2 Å². The molecule has 6 nitrogen and oxygen atoms in total. The standard InChI is InChI=1S/C14H11F3N4O2/c15-14(16,17)11-10-9(6-1-3-7(22)4-2-6)8(5-18)12(19)23-13(10)21-20-11/h1-4,9-10,13,21-22H,19H2/t9-,10-,13+/m1/s1. The van der Waals surface area contributed by atoms with Crippen LogP contribution >= 0.6 is 0 Å². The Bertz CT molecular complexity index is 734. The van der Waals surface area contributed by atoms with E-state index in [0.29, 0.717) is 5.56 Å². The number of nitrogens with zero attached hydrogens (tertiary/aromatic N) is 2. The first-order valence-electron chi connectivity index (χ1n) is 6.58. The number of benzene rings is 1. The van der Waals surface area contributed by atoms with Gasteiger partial charge in [-0.05, 0) is 17.7 Å². The van der Waals surface area contributed by atoms with Gasteiger partial charge in [0.1, 0.15) is 11.8 Å². The lowest BCUT2D eigenvalue weighted by molar-refractivity contribution is -0.0661. The van der Waals surface area contributed by atoms with Gasteiger partial charge in [-0.3, -0.25) is 5.43 Å². The third-order valence-electron chi connectivity index (χ3n) is 3.81. The van der Waals surface area contributed by atoms with Gasteiger partial charge in [-0.25, -0.2) is 0 Å². The molecule has 0 unspecified atom stereocenters. The molecule has 3 atom stereocenters. The molecule has 2 aliphatic heterocycles. The Balaban J connectivity index is 2.13. The zero-order chi connectivity index (χ0) is 16.8. The van der Waals surface area contributed by atoms with Crippen molar-refractivity contribution in [3.63, 3.8) is 0 Å². The molecule has 0 bridgehead atoms. The fourth-order valence-electron chi connectivity index (χ4n) is 2.83. The fourth-order valence-corrected chi connectivity index (χ4v) is 2.83. The number of allylic oxidation sites excluding steroid dienone is 1. The number of aromatic hydroxyl groups is 1. The van der Waals surface area contributed by atoms with Crippen LogP contribution in [0.15, 0.2) is 40.8 Å². The molecule has 2 aliphatic rings. The SMILES string of the molecule is N#CC1=C(N)O[C@@H]2NN=C(C(F)(F)F)[C@H]2[C@@H]1c1ccc(O)cc1. The number of hydrogen-bond donors (Lipinski definition) is 3. The van der Waals surface area contributed by atoms with Gasteiger partial charge >= 0.3 is 6.18 Å². The van der Waals surface area contributed by atoms with E-state index in [1.807, 2.05) is 6.07 Å². The molecule has 1 aromatic carbocycles. The zero-order valence-electron chi connectivity index (χ0n) is 11.5. The Hall–Kier alpha value is -2.89. The minimum Gasteiger partial charge on any atom is -0.508 e. The van der Waals surface area contributed by atoms with E-state index < -0.39 is 30.0 Å². The molecule has 0 fully saturated rings. The van der Waals surface area contributed by atoms with Crippen molar-refractivity contribution in [1.82, 2.24) is 5.43 Å². The normalized spacial score (nSPS) is 26.7. The summed E-state index contributed by atoms with van der Waals surface area (Å²) >= 11 is 0. The highest BCUT2D eigenvalue weighted by Crippen LogP contribution is 2.45. The maximum Gasteiger partial charge on any atom is 0.431 e. The van der Waals surface area contributed by atoms with Crippen molar-refractivity contribution in [1.29, 1.82) is 5.26 Å². The number of halogens is 3. The van der Waals surface area contributed by atoms with E-state index in [4.69, 9.17) is 10.5 Å². The third kappa shape index (κ3) is 2.42. The Kier molecular flexibility index (Phi) is 3.32. The van der Waals surface area contributed by atoms with E-state index >= 15 is 0 Å². The maximum absolute atomic E-state index is 13.2. The van der Waals surface area contributed by atoms with Gasteiger partial charge in [0.25, 0.3) is 0 Å². The molecule has 0 saturated carbocycles. The average molecular weight is 324 g/mol. The molecule has 1 aromatic rings. The van der Waals surface area contributed by atoms with Gasteiger partial charge in [0, 0.05) is 5.92 Å². The second-order valence-corrected chi connectivity index (χ2v) is 5.15. The molecule has 23 heavy (non-hydrogen) atoms. The van der Waals surface area contributed by atoms with Crippen molar-refractivity contribution in [3.05, 3.63) is 41.3 Å². The lowest BCUT2D eigenvalue weighted by Gasteiger charge is -2.34. The van der Waals surface area contributed by atoms with Crippen LogP contribution in [0.5, 0.6) is 5.75 Å². The molecular weight excluding hydrogens is 313 g/mol. The number of nitriles is 1. The molecule has 2 heterocycles. The van der Waals surface area contributed by atoms with Crippen molar-refractivity contribution >= 4 is 5.71 Å². The number of ether oxygens (including phenoxy) is 1. The topological polar surface area (TPSA) is 104 Å². The van der Waals surface area contributed by atoms with E-state index in [1.165, 1.54) is 24.3 Å². The van der Waals surface area contributed by atoms with Gasteiger partial charge < -0.3 is 15.6 Å². The lowest BCUT2D eigenvalue weighted by Crippen LogP contribution is -2.45. The molecule has 0 radical (unpaired) electrons. The summed E-state index contributed by atoms with van der Waals surface area (Å²) < 4.78 is 44.8. The van der Waals surface area contributed by atoms with Crippen LogP contribution in [0.4, 0.5) is 13.2 Å². The van der Waals surface area contributed by atoms with Crippen LogP contribution < -0.4 is 11.2 Å². The van der Waals surface area contributed by atoms with Gasteiger partial charge in [-0.2, -0.15) is 23.5 Å². The number of nitrogens with one attached hydrogen (secondary N) is 1. The van der Waals surface area contributed by atoms with Crippen molar-refractivity contribution in [2.75, 3.05) is 0 Å². The summed E-state index contributed by atoms with van der Waals surface area (Å²) in [5.41, 5.74) is 7.19. The number of rotatable bonds is 1. The highest BCUT2D eigenvalue weighted by atomic mass is 19.4. The third-order valence-corrected chi connectivity index (χ3v) is 3.81. The van der Waals surface area contributed by atoms with Crippen molar-refractivity contribution in [2.24, 2.45) is 16.8 Å². The summed E-state index contributed by atoms with van der Waals surface area (Å²) in [5, 5.41) is 22.0. The number of hydrazone groups is 1. The van der Waals surface area contributed by atoms with Gasteiger partial charge in [-0.15, -0.1) is 0 Å². The van der Waals surface area contributed by atoms with Crippen LogP contribution in [0.3, 0.4) is 0 Å². The largest absolute Gasteiger partial charge is 0.508 e. The summed E-state index contributed by atoms with van der Waals surface area (Å²) in [6, 6.07) is 7.37. The Morgan fingerprint density at radius 1 is 1.30 bits per heavy atom. The van der Waals surface area contributed by atoms with E-state index in [9.17, 15) is 23.5 Å². The van der Waals surface area contributed by atoms with Crippen LogP contribution in [-0.4, -0.2) is 23.2 Å². The molecule has 9 heteroatoms. The van der Waals surface area contributed by atoms with E-state index in [2.05, 4.69) is 10.5 Å². The first-order chi connectivity index (χ1) is 10.8. The maximum atomic E-state index is 13.2. The van der Waals surface area contributed by atoms with Crippen LogP contribution in [0, 0.1) is 17.2 Å². The first-order valence-corrected chi connectivity index (χ1v) is 6.58. The van der Waals surface area contributed by atoms with Crippen molar-refractivity contribution < 1.29 is 23.0 Å². The summed E-state index contributed by atoms with van der Waals surface area (Å²) in [7, 11) is 0. The second-order valence-electron chi connectivity index (χ2n) is 5.15. The van der Waals surface area contributed by atoms with Crippen LogP contribution in [0.1, 0.15) is 11.5 Å². The predicted molar refractivity (Wildman–Crippen MR) is 72.7 cm³/mol. The minimum atomic E-state index is -4.67. The van der Waals surface area contributed by atoms with Crippen LogP contribution in [0.2, 0.25) is 0 Å². The van der Waals surface area contributed by atoms with Crippen molar-refractivity contribution in [3.8, 4) is 11.8 Å². The molecule has 0 saturated heterocycles. The van der Waals surface area contributed by atoms with Gasteiger partial charge in [0.2, 0.25) is 5.88 Å². The Labute approximate surface area is 128 Å². The van der Waals surface area contributed by atoms with E-state index in [1.54, 1.807) is 0 Å². The molecule has 3 rings (SSSR count). The van der Waals surface area contributed by atoms with Gasteiger partial charge in [0.05, 0.1) is 11.5 Å². The number of nitrogens with two attached hydrogens (primary N) is 1. The molecule has 4 N–H and O–H groups in total. The monoisotopic (exact) mass is 324 g/mol. The summed E-state index contributed by atoms with van der Waals surface area (Å²) in [4.78, 5) is 0. The number of fused-ring (bicyclic) bond motifs is 1. The number of phenolic OH excluding ortho intramolecular Hbond substituents is 1. The molecular formula is C14H11F3N4O2. The summed E-state index contributed by atoms with van der Waals surface area (Å²) in [6.07, 6.45) is -5.78. The Morgan fingerprint density at radius 3 is 2.52 bits per heavy atom. The molecule has 120 valence electrons. The second kappa shape index (κ2) is 5.08. The lowest BCUT2D eigenvalue weighted by atomic mass is 9.76. The highest BCUT2D eigenvalue weighted by Gasteiger charge is 2.55. The number of alkyl halides is 3. The smallest absolute Gasteiger partial charge is 0.431 e. The van der Waals surface area contributed by atoms with Gasteiger partial charge in [0.15, 0.2) is 11.9 Å². The molecule has 0 amide bonds. The van der Waals surface area contributed by atoms with Crippen LogP contribution in [-0.2, 0) is 4.74 Å². The molecule has 0 aromatic heterocycles. The van der Waals surface area contributed by atoms with E-state index in [0.717, 1.165) is 0 Å². The average Bonchev–Trinajstić information content (AvgIpc) is 2.90. The quantitative estimate of drug-likeness (QED) is 0.729. The Morgan fingerprint density at radius 2 is 1.96 bits per heavy atom. The molecule has 0 aliphatic carbocycles. The molecule has 0 spiro atoms.